The van der Waals surface area contributed by atoms with Crippen LogP contribution in [0.4, 0.5) is 5.69 Å². The molecular formula is C14H18ClN5. The Labute approximate surface area is 123 Å². The SMILES string of the molecule is CC1(Cn2nnnc2-c2ccc(N)c(Cl)c2)CCCC1. The van der Waals surface area contributed by atoms with Crippen LogP contribution < -0.4 is 5.73 Å². The van der Waals surface area contributed by atoms with E-state index in [-0.39, 0.29) is 0 Å². The second-order valence-electron chi connectivity index (χ2n) is 5.91. The molecule has 0 atom stereocenters. The molecule has 106 valence electrons. The summed E-state index contributed by atoms with van der Waals surface area (Å²) in [5.74, 6) is 0.750. The van der Waals surface area contributed by atoms with E-state index in [0.29, 0.717) is 16.1 Å². The second kappa shape index (κ2) is 5.05. The van der Waals surface area contributed by atoms with Gasteiger partial charge in [-0.2, -0.15) is 0 Å². The summed E-state index contributed by atoms with van der Waals surface area (Å²) < 4.78 is 1.88. The minimum atomic E-state index is 0.293. The summed E-state index contributed by atoms with van der Waals surface area (Å²) in [7, 11) is 0. The van der Waals surface area contributed by atoms with E-state index in [9.17, 15) is 0 Å². The van der Waals surface area contributed by atoms with Crippen molar-refractivity contribution in [1.29, 1.82) is 0 Å². The Hall–Kier alpha value is -1.62. The lowest BCUT2D eigenvalue weighted by atomic mass is 9.89. The van der Waals surface area contributed by atoms with Gasteiger partial charge in [-0.25, -0.2) is 4.68 Å². The van der Waals surface area contributed by atoms with Crippen molar-refractivity contribution in [1.82, 2.24) is 20.2 Å². The standard InChI is InChI=1S/C14H18ClN5/c1-14(6-2-3-7-14)9-20-13(17-18-19-20)10-4-5-12(16)11(15)8-10/h4-5,8H,2-3,6-7,9,16H2,1H3. The number of nitrogen functional groups attached to an aromatic ring is 1. The number of hydrogen-bond donors (Lipinski definition) is 1. The highest BCUT2D eigenvalue weighted by atomic mass is 35.5. The number of hydrogen-bond acceptors (Lipinski definition) is 4. The third kappa shape index (κ3) is 2.50. The first kappa shape index (κ1) is 13.4. The number of halogens is 1. The van der Waals surface area contributed by atoms with Crippen LogP contribution in [0.1, 0.15) is 32.6 Å². The lowest BCUT2D eigenvalue weighted by Crippen LogP contribution is -2.21. The van der Waals surface area contributed by atoms with Crippen molar-refractivity contribution in [2.24, 2.45) is 5.41 Å². The molecule has 6 heteroatoms. The second-order valence-corrected chi connectivity index (χ2v) is 6.32. The average molecular weight is 292 g/mol. The van der Waals surface area contributed by atoms with Crippen LogP contribution in [-0.2, 0) is 6.54 Å². The van der Waals surface area contributed by atoms with E-state index in [4.69, 9.17) is 17.3 Å². The zero-order valence-electron chi connectivity index (χ0n) is 11.5. The average Bonchev–Trinajstić information content (AvgIpc) is 3.03. The summed E-state index contributed by atoms with van der Waals surface area (Å²) in [6.45, 7) is 3.15. The first-order chi connectivity index (χ1) is 9.57. The summed E-state index contributed by atoms with van der Waals surface area (Å²) in [5.41, 5.74) is 7.50. The number of anilines is 1. The molecule has 1 aliphatic carbocycles. The van der Waals surface area contributed by atoms with Gasteiger partial charge in [0.05, 0.1) is 17.3 Å². The molecule has 1 aromatic heterocycles. The lowest BCUT2D eigenvalue weighted by molar-refractivity contribution is 0.267. The summed E-state index contributed by atoms with van der Waals surface area (Å²) in [5, 5.41) is 12.6. The highest BCUT2D eigenvalue weighted by Gasteiger charge is 2.30. The Morgan fingerprint density at radius 1 is 1.35 bits per heavy atom. The van der Waals surface area contributed by atoms with E-state index in [2.05, 4.69) is 22.4 Å². The maximum Gasteiger partial charge on any atom is 0.182 e. The van der Waals surface area contributed by atoms with Gasteiger partial charge in [0.2, 0.25) is 0 Å². The topological polar surface area (TPSA) is 69.6 Å². The van der Waals surface area contributed by atoms with Crippen LogP contribution in [0.25, 0.3) is 11.4 Å². The van der Waals surface area contributed by atoms with Crippen LogP contribution in [0.3, 0.4) is 0 Å². The van der Waals surface area contributed by atoms with Crippen LogP contribution in [0.15, 0.2) is 18.2 Å². The molecule has 3 rings (SSSR count). The Bertz CT molecular complexity index is 616. The van der Waals surface area contributed by atoms with E-state index >= 15 is 0 Å². The molecule has 0 radical (unpaired) electrons. The first-order valence-corrected chi connectivity index (χ1v) is 7.27. The predicted octanol–water partition coefficient (Wildman–Crippen LogP) is 3.16. The van der Waals surface area contributed by atoms with Crippen molar-refractivity contribution in [3.05, 3.63) is 23.2 Å². The molecule has 0 bridgehead atoms. The fourth-order valence-electron chi connectivity index (χ4n) is 2.93. The zero-order valence-corrected chi connectivity index (χ0v) is 12.3. The number of rotatable bonds is 3. The van der Waals surface area contributed by atoms with Gasteiger partial charge in [-0.05, 0) is 46.9 Å². The van der Waals surface area contributed by atoms with Crippen LogP contribution in [-0.4, -0.2) is 20.2 Å². The van der Waals surface area contributed by atoms with E-state index < -0.39 is 0 Å². The van der Waals surface area contributed by atoms with Crippen molar-refractivity contribution >= 4 is 17.3 Å². The molecule has 0 spiro atoms. The molecule has 0 saturated heterocycles. The Balaban J connectivity index is 1.91. The van der Waals surface area contributed by atoms with Crippen LogP contribution >= 0.6 is 11.6 Å². The van der Waals surface area contributed by atoms with Gasteiger partial charge in [0.1, 0.15) is 0 Å². The van der Waals surface area contributed by atoms with Gasteiger partial charge in [0.25, 0.3) is 0 Å². The van der Waals surface area contributed by atoms with Gasteiger partial charge < -0.3 is 5.73 Å². The van der Waals surface area contributed by atoms with Crippen LogP contribution in [0, 0.1) is 5.41 Å². The lowest BCUT2D eigenvalue weighted by Gasteiger charge is -2.23. The maximum absolute atomic E-state index is 6.08. The fourth-order valence-corrected chi connectivity index (χ4v) is 3.11. The van der Waals surface area contributed by atoms with Crippen molar-refractivity contribution in [3.8, 4) is 11.4 Å². The third-order valence-corrected chi connectivity index (χ3v) is 4.46. The van der Waals surface area contributed by atoms with Gasteiger partial charge in [0.15, 0.2) is 5.82 Å². The molecule has 5 nitrogen and oxygen atoms in total. The van der Waals surface area contributed by atoms with E-state index in [0.717, 1.165) is 17.9 Å². The molecule has 1 aromatic carbocycles. The molecule has 2 N–H and O–H groups in total. The highest BCUT2D eigenvalue weighted by molar-refractivity contribution is 6.33. The van der Waals surface area contributed by atoms with Gasteiger partial charge in [-0.15, -0.1) is 5.10 Å². The largest absolute Gasteiger partial charge is 0.398 e. The minimum absolute atomic E-state index is 0.293. The zero-order chi connectivity index (χ0) is 14.2. The number of nitrogens with zero attached hydrogens (tertiary/aromatic N) is 4. The summed E-state index contributed by atoms with van der Waals surface area (Å²) in [4.78, 5) is 0. The van der Waals surface area contributed by atoms with E-state index in [1.807, 2.05) is 16.8 Å². The van der Waals surface area contributed by atoms with Gasteiger partial charge in [0, 0.05) is 5.56 Å². The van der Waals surface area contributed by atoms with E-state index in [1.165, 1.54) is 25.7 Å². The first-order valence-electron chi connectivity index (χ1n) is 6.89. The molecule has 20 heavy (non-hydrogen) atoms. The Kier molecular flexibility index (Phi) is 3.38. The van der Waals surface area contributed by atoms with E-state index in [1.54, 1.807) is 6.07 Å². The van der Waals surface area contributed by atoms with Gasteiger partial charge in [-0.1, -0.05) is 31.4 Å². The Morgan fingerprint density at radius 2 is 2.10 bits per heavy atom. The normalized spacial score (nSPS) is 17.5. The van der Waals surface area contributed by atoms with Crippen molar-refractivity contribution in [2.45, 2.75) is 39.2 Å². The van der Waals surface area contributed by atoms with Crippen molar-refractivity contribution in [3.63, 3.8) is 0 Å². The predicted molar refractivity (Wildman–Crippen MR) is 79.3 cm³/mol. The highest BCUT2D eigenvalue weighted by Crippen LogP contribution is 2.39. The molecule has 1 heterocycles. The summed E-state index contributed by atoms with van der Waals surface area (Å²) in [6, 6.07) is 5.50. The third-order valence-electron chi connectivity index (χ3n) is 4.13. The number of nitrogens with two attached hydrogens (primary N) is 1. The van der Waals surface area contributed by atoms with Crippen LogP contribution in [0.2, 0.25) is 5.02 Å². The molecule has 2 aromatic rings. The molecule has 1 saturated carbocycles. The van der Waals surface area contributed by atoms with Crippen molar-refractivity contribution < 1.29 is 0 Å². The maximum atomic E-state index is 6.08. The quantitative estimate of drug-likeness (QED) is 0.882. The summed E-state index contributed by atoms with van der Waals surface area (Å²) >= 11 is 6.08. The minimum Gasteiger partial charge on any atom is -0.398 e. The van der Waals surface area contributed by atoms with Crippen LogP contribution in [0.5, 0.6) is 0 Å². The van der Waals surface area contributed by atoms with Gasteiger partial charge >= 0.3 is 0 Å². The monoisotopic (exact) mass is 291 g/mol. The molecule has 1 aliphatic rings. The fraction of sp³-hybridized carbons (Fsp3) is 0.500. The van der Waals surface area contributed by atoms with Crippen molar-refractivity contribution in [2.75, 3.05) is 5.73 Å². The molecular weight excluding hydrogens is 274 g/mol. The number of aromatic nitrogens is 4. The van der Waals surface area contributed by atoms with Gasteiger partial charge in [-0.3, -0.25) is 0 Å². The number of benzene rings is 1. The Morgan fingerprint density at radius 3 is 2.80 bits per heavy atom. The number of tetrazole rings is 1. The molecule has 0 amide bonds. The molecule has 0 aliphatic heterocycles. The molecule has 0 unspecified atom stereocenters. The summed E-state index contributed by atoms with van der Waals surface area (Å²) in [6.07, 6.45) is 5.05. The smallest absolute Gasteiger partial charge is 0.182 e. The molecule has 1 fully saturated rings.